The first kappa shape index (κ1) is 13.0. The fourth-order valence-corrected chi connectivity index (χ4v) is 1.91. The van der Waals surface area contributed by atoms with Crippen LogP contribution in [0.3, 0.4) is 0 Å². The first-order valence-corrected chi connectivity index (χ1v) is 5.54. The number of aromatic hydroxyl groups is 1. The summed E-state index contributed by atoms with van der Waals surface area (Å²) in [6.07, 6.45) is 0. The lowest BCUT2D eigenvalue weighted by molar-refractivity contribution is 0.272. The lowest BCUT2D eigenvalue weighted by Gasteiger charge is -2.19. The Morgan fingerprint density at radius 2 is 1.94 bits per heavy atom. The highest BCUT2D eigenvalue weighted by Gasteiger charge is 2.13. The molecule has 0 aliphatic heterocycles. The monoisotopic (exact) mass is 223 g/mol. The second-order valence-electron chi connectivity index (χ2n) is 4.60. The van der Waals surface area contributed by atoms with Crippen molar-refractivity contribution in [3.8, 4) is 5.75 Å². The van der Waals surface area contributed by atoms with Crippen molar-refractivity contribution in [1.29, 1.82) is 0 Å². The van der Waals surface area contributed by atoms with Crippen LogP contribution in [0.15, 0.2) is 12.1 Å². The summed E-state index contributed by atoms with van der Waals surface area (Å²) in [4.78, 5) is 2.02. The standard InChI is InChI=1S/C13H21NO2/c1-9(8-15)11-5-6-13(16)12(10(11)2)7-14(3)4/h5-6,9,15-16H,7-8H2,1-4H3. The molecule has 0 saturated heterocycles. The highest BCUT2D eigenvalue weighted by atomic mass is 16.3. The largest absolute Gasteiger partial charge is 0.508 e. The Morgan fingerprint density at radius 3 is 2.44 bits per heavy atom. The Kier molecular flexibility index (Phi) is 4.33. The van der Waals surface area contributed by atoms with Crippen LogP contribution in [0.5, 0.6) is 5.75 Å². The van der Waals surface area contributed by atoms with Crippen molar-refractivity contribution < 1.29 is 10.2 Å². The van der Waals surface area contributed by atoms with Gasteiger partial charge < -0.3 is 15.1 Å². The summed E-state index contributed by atoms with van der Waals surface area (Å²) in [7, 11) is 3.95. The van der Waals surface area contributed by atoms with E-state index >= 15 is 0 Å². The predicted molar refractivity (Wildman–Crippen MR) is 65.7 cm³/mol. The van der Waals surface area contributed by atoms with E-state index in [9.17, 15) is 10.2 Å². The molecule has 0 fully saturated rings. The Morgan fingerprint density at radius 1 is 1.31 bits per heavy atom. The molecule has 0 heterocycles. The van der Waals surface area contributed by atoms with E-state index in [1.165, 1.54) is 0 Å². The van der Waals surface area contributed by atoms with E-state index in [2.05, 4.69) is 0 Å². The number of rotatable bonds is 4. The summed E-state index contributed by atoms with van der Waals surface area (Å²) in [5.41, 5.74) is 3.13. The zero-order chi connectivity index (χ0) is 12.3. The highest BCUT2D eigenvalue weighted by molar-refractivity contribution is 5.45. The van der Waals surface area contributed by atoms with Gasteiger partial charge >= 0.3 is 0 Å². The van der Waals surface area contributed by atoms with Gasteiger partial charge in [-0.1, -0.05) is 13.0 Å². The number of phenolic OH excluding ortho intramolecular Hbond substituents is 1. The van der Waals surface area contributed by atoms with Crippen LogP contribution in [0.4, 0.5) is 0 Å². The molecule has 2 N–H and O–H groups in total. The first-order valence-electron chi connectivity index (χ1n) is 5.54. The second kappa shape index (κ2) is 5.32. The van der Waals surface area contributed by atoms with Gasteiger partial charge in [0.25, 0.3) is 0 Å². The summed E-state index contributed by atoms with van der Waals surface area (Å²) in [6.45, 7) is 4.83. The van der Waals surface area contributed by atoms with E-state index in [0.29, 0.717) is 12.3 Å². The van der Waals surface area contributed by atoms with Crippen LogP contribution in [-0.2, 0) is 6.54 Å². The third-order valence-electron chi connectivity index (χ3n) is 2.89. The van der Waals surface area contributed by atoms with Crippen LogP contribution in [0.1, 0.15) is 29.5 Å². The second-order valence-corrected chi connectivity index (χ2v) is 4.60. The molecule has 0 spiro atoms. The van der Waals surface area contributed by atoms with E-state index in [4.69, 9.17) is 0 Å². The van der Waals surface area contributed by atoms with Gasteiger partial charge in [-0.25, -0.2) is 0 Å². The minimum absolute atomic E-state index is 0.113. The summed E-state index contributed by atoms with van der Waals surface area (Å²) in [5, 5.41) is 19.0. The molecule has 0 saturated carbocycles. The van der Waals surface area contributed by atoms with Crippen molar-refractivity contribution in [3.05, 3.63) is 28.8 Å². The maximum atomic E-state index is 9.83. The van der Waals surface area contributed by atoms with Gasteiger partial charge in [0.2, 0.25) is 0 Å². The topological polar surface area (TPSA) is 43.7 Å². The summed E-state index contributed by atoms with van der Waals surface area (Å²) in [5.74, 6) is 0.446. The molecular formula is C13H21NO2. The fraction of sp³-hybridized carbons (Fsp3) is 0.538. The zero-order valence-corrected chi connectivity index (χ0v) is 10.5. The molecule has 0 aliphatic rings. The van der Waals surface area contributed by atoms with Crippen molar-refractivity contribution in [3.63, 3.8) is 0 Å². The van der Waals surface area contributed by atoms with Gasteiger partial charge in [-0.3, -0.25) is 0 Å². The third kappa shape index (κ3) is 2.74. The van der Waals surface area contributed by atoms with E-state index in [-0.39, 0.29) is 12.5 Å². The van der Waals surface area contributed by atoms with E-state index in [0.717, 1.165) is 16.7 Å². The van der Waals surface area contributed by atoms with Gasteiger partial charge in [-0.05, 0) is 38.2 Å². The van der Waals surface area contributed by atoms with E-state index in [1.807, 2.05) is 38.9 Å². The number of hydrogen-bond acceptors (Lipinski definition) is 3. The van der Waals surface area contributed by atoms with E-state index in [1.54, 1.807) is 6.07 Å². The number of hydrogen-bond donors (Lipinski definition) is 2. The quantitative estimate of drug-likeness (QED) is 0.819. The number of aliphatic hydroxyl groups excluding tert-OH is 1. The minimum atomic E-state index is 0.113. The molecule has 90 valence electrons. The van der Waals surface area contributed by atoms with Gasteiger partial charge in [0.1, 0.15) is 5.75 Å². The van der Waals surface area contributed by atoms with E-state index < -0.39 is 0 Å². The van der Waals surface area contributed by atoms with Crippen molar-refractivity contribution in [2.75, 3.05) is 20.7 Å². The van der Waals surface area contributed by atoms with Crippen molar-refractivity contribution >= 4 is 0 Å². The molecule has 16 heavy (non-hydrogen) atoms. The normalized spacial score (nSPS) is 13.1. The van der Waals surface area contributed by atoms with Gasteiger partial charge in [0.15, 0.2) is 0 Å². The minimum Gasteiger partial charge on any atom is -0.508 e. The molecule has 0 aromatic heterocycles. The molecule has 1 atom stereocenters. The molecule has 1 rings (SSSR count). The van der Waals surface area contributed by atoms with Crippen molar-refractivity contribution in [2.24, 2.45) is 0 Å². The van der Waals surface area contributed by atoms with Gasteiger partial charge in [0, 0.05) is 24.6 Å². The van der Waals surface area contributed by atoms with Gasteiger partial charge in [-0.15, -0.1) is 0 Å². The van der Waals surface area contributed by atoms with Crippen LogP contribution in [-0.4, -0.2) is 35.8 Å². The molecule has 0 radical (unpaired) electrons. The van der Waals surface area contributed by atoms with Crippen LogP contribution >= 0.6 is 0 Å². The Hall–Kier alpha value is -1.06. The van der Waals surface area contributed by atoms with Crippen LogP contribution in [0, 0.1) is 6.92 Å². The molecule has 3 nitrogen and oxygen atoms in total. The molecule has 1 aromatic rings. The molecular weight excluding hydrogens is 202 g/mol. The average Bonchev–Trinajstić information content (AvgIpc) is 2.23. The molecule has 1 unspecified atom stereocenters. The summed E-state index contributed by atoms with van der Waals surface area (Å²) >= 11 is 0. The number of nitrogens with zero attached hydrogens (tertiary/aromatic N) is 1. The van der Waals surface area contributed by atoms with Crippen LogP contribution in [0.2, 0.25) is 0 Å². The Balaban J connectivity index is 3.16. The molecule has 0 amide bonds. The third-order valence-corrected chi connectivity index (χ3v) is 2.89. The number of phenols is 1. The molecule has 1 aromatic carbocycles. The number of benzene rings is 1. The zero-order valence-electron chi connectivity index (χ0n) is 10.5. The SMILES string of the molecule is Cc1c(C(C)CO)ccc(O)c1CN(C)C. The molecule has 0 aliphatic carbocycles. The maximum Gasteiger partial charge on any atom is 0.120 e. The fourth-order valence-electron chi connectivity index (χ4n) is 1.91. The average molecular weight is 223 g/mol. The summed E-state index contributed by atoms with van der Waals surface area (Å²) in [6, 6.07) is 3.61. The van der Waals surface area contributed by atoms with Gasteiger partial charge in [-0.2, -0.15) is 0 Å². The predicted octanol–water partition coefficient (Wildman–Crippen LogP) is 1.86. The smallest absolute Gasteiger partial charge is 0.120 e. The lowest BCUT2D eigenvalue weighted by Crippen LogP contribution is -2.13. The van der Waals surface area contributed by atoms with Crippen LogP contribution < -0.4 is 0 Å². The maximum absolute atomic E-state index is 9.83. The molecule has 3 heteroatoms. The van der Waals surface area contributed by atoms with Gasteiger partial charge in [0.05, 0.1) is 0 Å². The number of aliphatic hydroxyl groups is 1. The Labute approximate surface area is 97.3 Å². The highest BCUT2D eigenvalue weighted by Crippen LogP contribution is 2.29. The Bertz CT molecular complexity index is 361. The lowest BCUT2D eigenvalue weighted by atomic mass is 9.93. The van der Waals surface area contributed by atoms with Crippen molar-refractivity contribution in [1.82, 2.24) is 4.90 Å². The van der Waals surface area contributed by atoms with Crippen LogP contribution in [0.25, 0.3) is 0 Å². The molecule has 0 bridgehead atoms. The first-order chi connectivity index (χ1) is 7.47. The summed E-state index contributed by atoms with van der Waals surface area (Å²) < 4.78 is 0. The van der Waals surface area contributed by atoms with Crippen molar-refractivity contribution in [2.45, 2.75) is 26.3 Å².